The number of benzene rings is 1. The maximum Gasteiger partial charge on any atom is 0.122 e. The van der Waals surface area contributed by atoms with E-state index in [4.69, 9.17) is 10.5 Å². The van der Waals surface area contributed by atoms with E-state index in [1.165, 1.54) is 11.1 Å². The van der Waals surface area contributed by atoms with Crippen LogP contribution >= 0.6 is 0 Å². The van der Waals surface area contributed by atoms with Crippen molar-refractivity contribution in [3.63, 3.8) is 0 Å². The van der Waals surface area contributed by atoms with Gasteiger partial charge in [-0.15, -0.1) is 0 Å². The molecule has 2 N–H and O–H groups in total. The van der Waals surface area contributed by atoms with Crippen molar-refractivity contribution in [2.45, 2.75) is 45.6 Å². The van der Waals surface area contributed by atoms with Crippen LogP contribution in [0.4, 0.5) is 0 Å². The van der Waals surface area contributed by atoms with Crippen LogP contribution in [0.3, 0.4) is 0 Å². The van der Waals surface area contributed by atoms with E-state index in [9.17, 15) is 0 Å². The van der Waals surface area contributed by atoms with Gasteiger partial charge in [0.15, 0.2) is 0 Å². The van der Waals surface area contributed by atoms with Crippen molar-refractivity contribution in [2.75, 3.05) is 7.11 Å². The Balaban J connectivity index is 2.41. The first-order chi connectivity index (χ1) is 7.89. The second kappa shape index (κ2) is 4.02. The highest BCUT2D eigenvalue weighted by atomic mass is 16.5. The predicted octanol–water partition coefficient (Wildman–Crippen LogP) is 3.27. The quantitative estimate of drug-likeness (QED) is 0.869. The van der Waals surface area contributed by atoms with Crippen LogP contribution in [0.1, 0.15) is 50.7 Å². The predicted molar refractivity (Wildman–Crippen MR) is 71.6 cm³/mol. The van der Waals surface area contributed by atoms with E-state index in [2.05, 4.69) is 45.9 Å². The molecule has 0 aliphatic heterocycles. The Morgan fingerprint density at radius 1 is 1.29 bits per heavy atom. The van der Waals surface area contributed by atoms with Crippen LogP contribution in [-0.4, -0.2) is 13.2 Å². The normalized spacial score (nSPS) is 26.1. The third kappa shape index (κ3) is 1.95. The van der Waals surface area contributed by atoms with Gasteiger partial charge in [-0.05, 0) is 28.5 Å². The highest BCUT2D eigenvalue weighted by molar-refractivity contribution is 5.46. The minimum Gasteiger partial charge on any atom is -0.496 e. The molecule has 0 amide bonds. The fourth-order valence-corrected chi connectivity index (χ4v) is 2.63. The van der Waals surface area contributed by atoms with Crippen LogP contribution in [0.15, 0.2) is 18.2 Å². The zero-order chi connectivity index (χ0) is 12.8. The third-order valence-electron chi connectivity index (χ3n) is 4.17. The molecule has 17 heavy (non-hydrogen) atoms. The molecule has 2 rings (SSSR count). The summed E-state index contributed by atoms with van der Waals surface area (Å²) in [5, 5.41) is 0. The van der Waals surface area contributed by atoms with Crippen molar-refractivity contribution in [1.82, 2.24) is 0 Å². The number of rotatable bonds is 3. The standard InChI is InChI=1S/C15H23NO/c1-9(2)10-6-7-12(17-5)11(8-10)13-14(16)15(13,3)4/h6-9,13-14H,16H2,1-5H3. The summed E-state index contributed by atoms with van der Waals surface area (Å²) in [4.78, 5) is 0. The summed E-state index contributed by atoms with van der Waals surface area (Å²) in [6.07, 6.45) is 0. The smallest absolute Gasteiger partial charge is 0.122 e. The van der Waals surface area contributed by atoms with Gasteiger partial charge in [-0.1, -0.05) is 39.8 Å². The van der Waals surface area contributed by atoms with Crippen LogP contribution in [0.25, 0.3) is 0 Å². The number of ether oxygens (including phenoxy) is 1. The first kappa shape index (κ1) is 12.4. The molecule has 1 aliphatic carbocycles. The first-order valence-corrected chi connectivity index (χ1v) is 6.33. The summed E-state index contributed by atoms with van der Waals surface area (Å²) >= 11 is 0. The van der Waals surface area contributed by atoms with Crippen molar-refractivity contribution in [3.8, 4) is 5.75 Å². The molecule has 0 radical (unpaired) electrons. The molecule has 2 heteroatoms. The molecule has 1 aromatic rings. The average molecular weight is 233 g/mol. The molecule has 1 aromatic carbocycles. The van der Waals surface area contributed by atoms with Crippen LogP contribution in [0.5, 0.6) is 5.75 Å². The molecule has 0 spiro atoms. The maximum absolute atomic E-state index is 6.17. The zero-order valence-electron chi connectivity index (χ0n) is 11.4. The molecule has 0 bridgehead atoms. The van der Waals surface area contributed by atoms with E-state index in [-0.39, 0.29) is 11.5 Å². The number of methoxy groups -OCH3 is 1. The summed E-state index contributed by atoms with van der Waals surface area (Å²) in [6.45, 7) is 8.88. The second-order valence-corrected chi connectivity index (χ2v) is 5.98. The minimum absolute atomic E-state index is 0.197. The summed E-state index contributed by atoms with van der Waals surface area (Å²) in [6, 6.07) is 6.74. The molecule has 1 aliphatic rings. The lowest BCUT2D eigenvalue weighted by molar-refractivity contribution is 0.407. The van der Waals surface area contributed by atoms with Gasteiger partial charge in [-0.25, -0.2) is 0 Å². The van der Waals surface area contributed by atoms with Gasteiger partial charge in [0.1, 0.15) is 5.75 Å². The number of hydrogen-bond acceptors (Lipinski definition) is 2. The zero-order valence-corrected chi connectivity index (χ0v) is 11.4. The van der Waals surface area contributed by atoms with Crippen molar-refractivity contribution in [1.29, 1.82) is 0 Å². The Morgan fingerprint density at radius 2 is 1.88 bits per heavy atom. The molecular formula is C15H23NO. The molecule has 94 valence electrons. The van der Waals surface area contributed by atoms with E-state index in [0.717, 1.165) is 5.75 Å². The third-order valence-corrected chi connectivity index (χ3v) is 4.17. The molecule has 0 heterocycles. The van der Waals surface area contributed by atoms with Gasteiger partial charge < -0.3 is 10.5 Å². The molecule has 1 saturated carbocycles. The van der Waals surface area contributed by atoms with Gasteiger partial charge >= 0.3 is 0 Å². The monoisotopic (exact) mass is 233 g/mol. The van der Waals surface area contributed by atoms with Crippen LogP contribution in [0, 0.1) is 5.41 Å². The molecule has 0 aromatic heterocycles. The molecule has 2 unspecified atom stereocenters. The summed E-state index contributed by atoms with van der Waals surface area (Å²) in [7, 11) is 1.73. The fraction of sp³-hybridized carbons (Fsp3) is 0.600. The van der Waals surface area contributed by atoms with Gasteiger partial charge in [0.2, 0.25) is 0 Å². The minimum atomic E-state index is 0.197. The summed E-state index contributed by atoms with van der Waals surface area (Å²) in [5.74, 6) is 1.94. The van der Waals surface area contributed by atoms with Crippen LogP contribution in [-0.2, 0) is 0 Å². The molecule has 0 saturated heterocycles. The second-order valence-electron chi connectivity index (χ2n) is 5.98. The topological polar surface area (TPSA) is 35.2 Å². The Kier molecular flexibility index (Phi) is 2.94. The van der Waals surface area contributed by atoms with Gasteiger partial charge in [0, 0.05) is 12.0 Å². The van der Waals surface area contributed by atoms with E-state index in [1.54, 1.807) is 7.11 Å². The van der Waals surface area contributed by atoms with Crippen LogP contribution < -0.4 is 10.5 Å². The van der Waals surface area contributed by atoms with Crippen molar-refractivity contribution < 1.29 is 4.74 Å². The lowest BCUT2D eigenvalue weighted by Gasteiger charge is -2.13. The van der Waals surface area contributed by atoms with Gasteiger partial charge in [-0.2, -0.15) is 0 Å². The largest absolute Gasteiger partial charge is 0.496 e. The van der Waals surface area contributed by atoms with Crippen molar-refractivity contribution in [3.05, 3.63) is 29.3 Å². The Labute approximate surface area is 104 Å². The fourth-order valence-electron chi connectivity index (χ4n) is 2.63. The van der Waals surface area contributed by atoms with Crippen molar-refractivity contribution >= 4 is 0 Å². The molecule has 2 atom stereocenters. The highest BCUT2D eigenvalue weighted by Crippen LogP contribution is 2.59. The van der Waals surface area contributed by atoms with Gasteiger partial charge in [-0.3, -0.25) is 0 Å². The lowest BCUT2D eigenvalue weighted by atomic mass is 9.95. The van der Waals surface area contributed by atoms with Gasteiger partial charge in [0.05, 0.1) is 7.11 Å². The summed E-state index contributed by atoms with van der Waals surface area (Å²) < 4.78 is 5.47. The Hall–Kier alpha value is -1.02. The van der Waals surface area contributed by atoms with E-state index in [0.29, 0.717) is 11.8 Å². The Bertz CT molecular complexity index is 423. The SMILES string of the molecule is COc1ccc(C(C)C)cc1C1C(N)C1(C)C. The van der Waals surface area contributed by atoms with E-state index in [1.807, 2.05) is 0 Å². The molecule has 1 fully saturated rings. The van der Waals surface area contributed by atoms with Crippen molar-refractivity contribution in [2.24, 2.45) is 11.1 Å². The van der Waals surface area contributed by atoms with Gasteiger partial charge in [0.25, 0.3) is 0 Å². The first-order valence-electron chi connectivity index (χ1n) is 6.33. The van der Waals surface area contributed by atoms with Crippen LogP contribution in [0.2, 0.25) is 0 Å². The maximum atomic E-state index is 6.17. The van der Waals surface area contributed by atoms with E-state index >= 15 is 0 Å². The Morgan fingerprint density at radius 3 is 2.29 bits per heavy atom. The average Bonchev–Trinajstić information content (AvgIpc) is 2.77. The highest BCUT2D eigenvalue weighted by Gasteiger charge is 2.57. The summed E-state index contributed by atoms with van der Waals surface area (Å²) in [5.41, 5.74) is 9.00. The number of nitrogens with two attached hydrogens (primary N) is 1. The van der Waals surface area contributed by atoms with E-state index < -0.39 is 0 Å². The lowest BCUT2D eigenvalue weighted by Crippen LogP contribution is -2.06. The molecular weight excluding hydrogens is 210 g/mol. The molecule has 2 nitrogen and oxygen atoms in total. The number of hydrogen-bond donors (Lipinski definition) is 1.